The molecular weight excluding hydrogens is 314 g/mol. The van der Waals surface area contributed by atoms with Gasteiger partial charge in [-0.05, 0) is 48.9 Å². The third-order valence-corrected chi connectivity index (χ3v) is 6.02. The second kappa shape index (κ2) is 6.43. The number of thioether (sulfide) groups is 1. The Morgan fingerprint density at radius 1 is 1.30 bits per heavy atom. The van der Waals surface area contributed by atoms with Crippen molar-refractivity contribution in [2.24, 2.45) is 11.3 Å². The van der Waals surface area contributed by atoms with Crippen LogP contribution in [0, 0.1) is 11.3 Å². The van der Waals surface area contributed by atoms with Crippen molar-refractivity contribution in [3.63, 3.8) is 0 Å². The molecule has 124 valence electrons. The lowest BCUT2D eigenvalue weighted by atomic mass is 9.91. The Labute approximate surface area is 140 Å². The molecule has 1 aromatic carbocycles. The number of carbonyl (C=O) groups excluding carboxylic acids is 1. The maximum Gasteiger partial charge on any atom is 0.307 e. The first kappa shape index (κ1) is 16.2. The maximum atomic E-state index is 12.3. The molecule has 1 unspecified atom stereocenters. The first-order valence-electron chi connectivity index (χ1n) is 7.81. The van der Waals surface area contributed by atoms with Crippen molar-refractivity contribution in [2.75, 3.05) is 26.0 Å². The summed E-state index contributed by atoms with van der Waals surface area (Å²) >= 11 is 1.52. The first-order valence-corrected chi connectivity index (χ1v) is 8.80. The molecule has 3 rings (SSSR count). The highest BCUT2D eigenvalue weighted by atomic mass is 32.2. The zero-order valence-corrected chi connectivity index (χ0v) is 14.0. The van der Waals surface area contributed by atoms with Crippen LogP contribution in [0.25, 0.3) is 0 Å². The van der Waals surface area contributed by atoms with Gasteiger partial charge in [-0.15, -0.1) is 11.8 Å². The summed E-state index contributed by atoms with van der Waals surface area (Å²) in [6.07, 6.45) is 2.43. The highest BCUT2D eigenvalue weighted by molar-refractivity contribution is 8.00. The van der Waals surface area contributed by atoms with Gasteiger partial charge in [0.05, 0.1) is 18.8 Å². The topological polar surface area (TPSA) is 66.8 Å². The van der Waals surface area contributed by atoms with E-state index in [9.17, 15) is 9.59 Å². The fraction of sp³-hybridized carbons (Fsp3) is 0.529. The number of carboxylic acids is 1. The summed E-state index contributed by atoms with van der Waals surface area (Å²) in [5.74, 6) is 0.489. The zero-order chi connectivity index (χ0) is 16.4. The Balaban J connectivity index is 1.45. The summed E-state index contributed by atoms with van der Waals surface area (Å²) in [7, 11) is 1.63. The molecule has 1 saturated carbocycles. The van der Waals surface area contributed by atoms with Crippen molar-refractivity contribution in [2.45, 2.75) is 24.2 Å². The number of rotatable bonds is 5. The van der Waals surface area contributed by atoms with Crippen LogP contribution in [-0.4, -0.2) is 47.8 Å². The van der Waals surface area contributed by atoms with Crippen LogP contribution in [0.1, 0.15) is 19.3 Å². The normalized spacial score (nSPS) is 22.0. The van der Waals surface area contributed by atoms with Crippen molar-refractivity contribution < 1.29 is 19.4 Å². The minimum absolute atomic E-state index is 0.0221. The van der Waals surface area contributed by atoms with Crippen LogP contribution in [0.15, 0.2) is 29.2 Å². The molecule has 1 aliphatic carbocycles. The van der Waals surface area contributed by atoms with E-state index >= 15 is 0 Å². The van der Waals surface area contributed by atoms with E-state index in [2.05, 4.69) is 0 Å². The van der Waals surface area contributed by atoms with Gasteiger partial charge in [0.15, 0.2) is 0 Å². The molecule has 6 heteroatoms. The van der Waals surface area contributed by atoms with Gasteiger partial charge in [0.1, 0.15) is 5.75 Å². The Hall–Kier alpha value is -1.69. The number of likely N-dealkylation sites (tertiary alicyclic amines) is 1. The summed E-state index contributed by atoms with van der Waals surface area (Å²) in [4.78, 5) is 26.3. The number of carboxylic acid groups (broad SMARTS) is 1. The monoisotopic (exact) mass is 335 g/mol. The van der Waals surface area contributed by atoms with E-state index in [4.69, 9.17) is 9.84 Å². The van der Waals surface area contributed by atoms with E-state index in [1.807, 2.05) is 29.2 Å². The molecular formula is C17H21NO4S. The average Bonchev–Trinajstić information content (AvgIpc) is 3.27. The molecule has 1 saturated heterocycles. The first-order chi connectivity index (χ1) is 11.0. The maximum absolute atomic E-state index is 12.3. The van der Waals surface area contributed by atoms with Crippen LogP contribution in [-0.2, 0) is 9.59 Å². The van der Waals surface area contributed by atoms with E-state index in [1.165, 1.54) is 11.8 Å². The third-order valence-electron chi connectivity index (χ3n) is 5.02. The van der Waals surface area contributed by atoms with Gasteiger partial charge in [0.2, 0.25) is 5.91 Å². The second-order valence-corrected chi connectivity index (χ2v) is 7.35. The lowest BCUT2D eigenvalue weighted by molar-refractivity contribution is -0.139. The third kappa shape index (κ3) is 3.47. The number of carbonyl (C=O) groups is 2. The largest absolute Gasteiger partial charge is 0.497 e. The Kier molecular flexibility index (Phi) is 4.53. The van der Waals surface area contributed by atoms with Gasteiger partial charge in [0, 0.05) is 18.0 Å². The Morgan fingerprint density at radius 3 is 2.48 bits per heavy atom. The predicted octanol–water partition coefficient (Wildman–Crippen LogP) is 2.50. The molecule has 0 radical (unpaired) electrons. The summed E-state index contributed by atoms with van der Waals surface area (Å²) in [5.41, 5.74) is -0.0221. The van der Waals surface area contributed by atoms with Crippen molar-refractivity contribution in [1.82, 2.24) is 4.90 Å². The second-order valence-electron chi connectivity index (χ2n) is 6.30. The lowest BCUT2D eigenvalue weighted by Crippen LogP contribution is -2.40. The van der Waals surface area contributed by atoms with E-state index < -0.39 is 5.97 Å². The van der Waals surface area contributed by atoms with Gasteiger partial charge in [0.25, 0.3) is 0 Å². The fourth-order valence-electron chi connectivity index (χ4n) is 3.36. The quantitative estimate of drug-likeness (QED) is 0.838. The van der Waals surface area contributed by atoms with Crippen LogP contribution in [0.3, 0.4) is 0 Å². The number of aliphatic carboxylic acids is 1. The average molecular weight is 335 g/mol. The lowest BCUT2D eigenvalue weighted by Gasteiger charge is -2.32. The molecule has 1 N–H and O–H groups in total. The highest BCUT2D eigenvalue weighted by Crippen LogP contribution is 2.59. The Morgan fingerprint density at radius 2 is 1.96 bits per heavy atom. The highest BCUT2D eigenvalue weighted by Gasteiger charge is 2.59. The smallest absolute Gasteiger partial charge is 0.307 e. The number of hydrogen-bond donors (Lipinski definition) is 1. The summed E-state index contributed by atoms with van der Waals surface area (Å²) in [6.45, 7) is 1.37. The molecule has 1 aliphatic heterocycles. The molecule has 2 fully saturated rings. The van der Waals surface area contributed by atoms with Crippen molar-refractivity contribution >= 4 is 23.6 Å². The fourth-order valence-corrected chi connectivity index (χ4v) is 4.16. The van der Waals surface area contributed by atoms with E-state index in [0.29, 0.717) is 18.8 Å². The van der Waals surface area contributed by atoms with E-state index in [0.717, 1.165) is 29.9 Å². The zero-order valence-electron chi connectivity index (χ0n) is 13.2. The van der Waals surface area contributed by atoms with Crippen molar-refractivity contribution in [1.29, 1.82) is 0 Å². The van der Waals surface area contributed by atoms with Gasteiger partial charge in [-0.2, -0.15) is 0 Å². The number of methoxy groups -OCH3 is 1. The minimum Gasteiger partial charge on any atom is -0.497 e. The van der Waals surface area contributed by atoms with E-state index in [1.54, 1.807) is 7.11 Å². The Bertz CT molecular complexity index is 593. The molecule has 1 atom stereocenters. The molecule has 23 heavy (non-hydrogen) atoms. The standard InChI is InChI=1S/C17H21NO4S/c1-22-12-2-4-13(5-3-12)23-11-15(19)18-8-6-17(7-9-18)10-14(17)16(20)21/h2-5,14H,6-11H2,1H3,(H,20,21). The number of benzene rings is 1. The van der Waals surface area contributed by atoms with Gasteiger partial charge < -0.3 is 14.7 Å². The van der Waals surface area contributed by atoms with Crippen LogP contribution in [0.5, 0.6) is 5.75 Å². The molecule has 0 bridgehead atoms. The molecule has 1 aromatic rings. The minimum atomic E-state index is -0.681. The number of amides is 1. The van der Waals surface area contributed by atoms with Gasteiger partial charge in [-0.1, -0.05) is 0 Å². The van der Waals surface area contributed by atoms with Crippen LogP contribution in [0.4, 0.5) is 0 Å². The molecule has 1 spiro atoms. The molecule has 1 amide bonds. The van der Waals surface area contributed by atoms with E-state index in [-0.39, 0.29) is 17.2 Å². The van der Waals surface area contributed by atoms with Crippen molar-refractivity contribution in [3.05, 3.63) is 24.3 Å². The summed E-state index contributed by atoms with van der Waals surface area (Å²) < 4.78 is 5.11. The van der Waals surface area contributed by atoms with Gasteiger partial charge >= 0.3 is 5.97 Å². The number of hydrogen-bond acceptors (Lipinski definition) is 4. The number of piperidine rings is 1. The predicted molar refractivity (Wildman–Crippen MR) is 87.7 cm³/mol. The molecule has 1 heterocycles. The number of ether oxygens (including phenoxy) is 1. The van der Waals surface area contributed by atoms with Crippen LogP contribution in [0.2, 0.25) is 0 Å². The van der Waals surface area contributed by atoms with Crippen molar-refractivity contribution in [3.8, 4) is 5.75 Å². The van der Waals surface area contributed by atoms with Gasteiger partial charge in [-0.3, -0.25) is 9.59 Å². The SMILES string of the molecule is COc1ccc(SCC(=O)N2CCC3(CC2)CC3C(=O)O)cc1. The van der Waals surface area contributed by atoms with Crippen LogP contribution >= 0.6 is 11.8 Å². The molecule has 2 aliphatic rings. The molecule has 0 aromatic heterocycles. The van der Waals surface area contributed by atoms with Gasteiger partial charge in [-0.25, -0.2) is 0 Å². The number of nitrogens with zero attached hydrogens (tertiary/aromatic N) is 1. The summed E-state index contributed by atoms with van der Waals surface area (Å²) in [6, 6.07) is 7.67. The van der Waals surface area contributed by atoms with Crippen LogP contribution < -0.4 is 4.74 Å². The summed E-state index contributed by atoms with van der Waals surface area (Å²) in [5, 5.41) is 9.10. The molecule has 5 nitrogen and oxygen atoms in total.